The Morgan fingerprint density at radius 3 is 2.82 bits per heavy atom. The number of allylic oxidation sites excluding steroid dienone is 1. The van der Waals surface area contributed by atoms with E-state index in [1.807, 2.05) is 6.08 Å². The lowest BCUT2D eigenvalue weighted by Crippen LogP contribution is -2.05. The first-order valence-electron chi connectivity index (χ1n) is 3.58. The molecule has 0 amide bonds. The molecule has 0 N–H and O–H groups in total. The Hall–Kier alpha value is -0.310. The number of ether oxygens (including phenoxy) is 1. The van der Waals surface area contributed by atoms with Crippen LogP contribution in [0.3, 0.4) is 0 Å². The fourth-order valence-corrected chi connectivity index (χ4v) is 1.67. The number of carbonyl (C=O) groups excluding carboxylic acids is 1. The minimum atomic E-state index is -0.196. The third-order valence-corrected chi connectivity index (χ3v) is 3.05. The Bertz CT molecular complexity index is 198. The summed E-state index contributed by atoms with van der Waals surface area (Å²) in [6, 6.07) is 0. The molecule has 0 aromatic heterocycles. The van der Waals surface area contributed by atoms with E-state index in [-0.39, 0.29) is 5.97 Å². The van der Waals surface area contributed by atoms with Crippen molar-refractivity contribution in [3.63, 3.8) is 0 Å². The minimum Gasteiger partial charge on any atom is -0.466 e. The number of rotatable bonds is 1. The lowest BCUT2D eigenvalue weighted by atomic mass is 10.2. The van der Waals surface area contributed by atoms with Gasteiger partial charge < -0.3 is 4.74 Å². The molecule has 62 valence electrons. The highest BCUT2D eigenvalue weighted by Gasteiger charge is 2.25. The predicted octanol–water partition coefficient (Wildman–Crippen LogP) is 1.89. The zero-order chi connectivity index (χ0) is 8.43. The molecule has 3 heteroatoms. The van der Waals surface area contributed by atoms with Crippen LogP contribution in [0, 0.1) is 5.92 Å². The summed E-state index contributed by atoms with van der Waals surface area (Å²) in [5, 5.41) is 0. The topological polar surface area (TPSA) is 26.3 Å². The molecule has 0 saturated heterocycles. The first kappa shape index (κ1) is 8.78. The fraction of sp³-hybridized carbons (Fsp3) is 0.625. The predicted molar refractivity (Wildman–Crippen MR) is 46.6 cm³/mol. The maximum absolute atomic E-state index is 11.0. The Morgan fingerprint density at radius 2 is 2.45 bits per heavy atom. The van der Waals surface area contributed by atoms with Crippen LogP contribution in [0.15, 0.2) is 11.6 Å². The number of alkyl halides is 1. The number of hydrogen-bond donors (Lipinski definition) is 0. The molecule has 0 aliphatic heterocycles. The zero-order valence-corrected chi connectivity index (χ0v) is 8.22. The van der Waals surface area contributed by atoms with Gasteiger partial charge in [-0.05, 0) is 12.3 Å². The van der Waals surface area contributed by atoms with Gasteiger partial charge in [0.2, 0.25) is 0 Å². The fourth-order valence-electron chi connectivity index (χ4n) is 1.17. The van der Waals surface area contributed by atoms with Crippen LogP contribution >= 0.6 is 15.9 Å². The maximum atomic E-state index is 11.0. The van der Waals surface area contributed by atoms with Crippen molar-refractivity contribution in [2.24, 2.45) is 5.92 Å². The maximum Gasteiger partial charge on any atom is 0.333 e. The average molecular weight is 219 g/mol. The number of carbonyl (C=O) groups is 1. The van der Waals surface area contributed by atoms with E-state index in [1.165, 1.54) is 7.11 Å². The van der Waals surface area contributed by atoms with Crippen LogP contribution in [0.5, 0.6) is 0 Å². The molecule has 0 aromatic rings. The molecule has 11 heavy (non-hydrogen) atoms. The molecular formula is C8H11BrO2. The quantitative estimate of drug-likeness (QED) is 0.497. The molecule has 0 fully saturated rings. The molecule has 2 nitrogen and oxygen atoms in total. The van der Waals surface area contributed by atoms with E-state index >= 15 is 0 Å². The lowest BCUT2D eigenvalue weighted by molar-refractivity contribution is -0.136. The molecule has 0 unspecified atom stereocenters. The van der Waals surface area contributed by atoms with Crippen LogP contribution in [0.2, 0.25) is 0 Å². The first-order chi connectivity index (χ1) is 5.15. The van der Waals surface area contributed by atoms with Crippen LogP contribution in [0.1, 0.15) is 13.3 Å². The van der Waals surface area contributed by atoms with Gasteiger partial charge in [-0.25, -0.2) is 4.79 Å². The van der Waals surface area contributed by atoms with Crippen LogP contribution in [-0.4, -0.2) is 17.9 Å². The summed E-state index contributed by atoms with van der Waals surface area (Å²) in [6.07, 6.45) is 2.75. The average Bonchev–Trinajstić information content (AvgIpc) is 2.31. The van der Waals surface area contributed by atoms with Gasteiger partial charge in [-0.15, -0.1) is 0 Å². The van der Waals surface area contributed by atoms with E-state index in [9.17, 15) is 4.79 Å². The largest absolute Gasteiger partial charge is 0.466 e. The van der Waals surface area contributed by atoms with Crippen molar-refractivity contribution in [2.75, 3.05) is 7.11 Å². The molecule has 1 aliphatic carbocycles. The first-order valence-corrected chi connectivity index (χ1v) is 4.49. The van der Waals surface area contributed by atoms with Gasteiger partial charge in [-0.3, -0.25) is 0 Å². The summed E-state index contributed by atoms with van der Waals surface area (Å²) in [7, 11) is 1.41. The molecule has 0 aromatic carbocycles. The van der Waals surface area contributed by atoms with E-state index in [0.717, 1.165) is 12.0 Å². The van der Waals surface area contributed by atoms with E-state index in [4.69, 9.17) is 0 Å². The molecule has 1 rings (SSSR count). The van der Waals surface area contributed by atoms with Gasteiger partial charge in [0.15, 0.2) is 0 Å². The highest BCUT2D eigenvalue weighted by molar-refractivity contribution is 9.09. The zero-order valence-electron chi connectivity index (χ0n) is 6.63. The van der Waals surface area contributed by atoms with Crippen molar-refractivity contribution in [3.8, 4) is 0 Å². The third kappa shape index (κ3) is 1.83. The molecular weight excluding hydrogens is 208 g/mol. The van der Waals surface area contributed by atoms with Crippen molar-refractivity contribution in [1.82, 2.24) is 0 Å². The molecule has 0 saturated carbocycles. The summed E-state index contributed by atoms with van der Waals surface area (Å²) in [5.74, 6) is 0.239. The van der Waals surface area contributed by atoms with Gasteiger partial charge in [-0.1, -0.05) is 28.9 Å². The van der Waals surface area contributed by atoms with Gasteiger partial charge >= 0.3 is 5.97 Å². The standard InChI is InChI=1S/C8H11BrO2/c1-5-3-6(4-7(5)9)8(10)11-2/h3,5,7H,4H2,1-2H3/t5-,7-/m0/s1. The number of halogens is 1. The monoisotopic (exact) mass is 218 g/mol. The van der Waals surface area contributed by atoms with E-state index in [2.05, 4.69) is 27.6 Å². The summed E-state index contributed by atoms with van der Waals surface area (Å²) < 4.78 is 4.60. The third-order valence-electron chi connectivity index (χ3n) is 1.90. The minimum absolute atomic E-state index is 0.196. The summed E-state index contributed by atoms with van der Waals surface area (Å²) in [5.41, 5.74) is 0.793. The van der Waals surface area contributed by atoms with Crippen LogP contribution in [0.4, 0.5) is 0 Å². The Morgan fingerprint density at radius 1 is 1.82 bits per heavy atom. The summed E-state index contributed by atoms with van der Waals surface area (Å²) >= 11 is 3.48. The SMILES string of the molecule is COC(=O)C1=C[C@H](C)[C@@H](Br)C1. The molecule has 2 atom stereocenters. The van der Waals surface area contributed by atoms with Gasteiger partial charge in [0.05, 0.1) is 7.11 Å². The summed E-state index contributed by atoms with van der Waals surface area (Å²) in [6.45, 7) is 2.08. The van der Waals surface area contributed by atoms with E-state index < -0.39 is 0 Å². The molecule has 0 spiro atoms. The smallest absolute Gasteiger partial charge is 0.333 e. The van der Waals surface area contributed by atoms with Gasteiger partial charge in [0, 0.05) is 10.4 Å². The van der Waals surface area contributed by atoms with Crippen LogP contribution in [-0.2, 0) is 9.53 Å². The number of hydrogen-bond acceptors (Lipinski definition) is 2. The van der Waals surface area contributed by atoms with Crippen LogP contribution in [0.25, 0.3) is 0 Å². The Balaban J connectivity index is 2.63. The lowest BCUT2D eigenvalue weighted by Gasteiger charge is -2.03. The van der Waals surface area contributed by atoms with Gasteiger partial charge in [0.1, 0.15) is 0 Å². The van der Waals surface area contributed by atoms with Gasteiger partial charge in [0.25, 0.3) is 0 Å². The second-order valence-corrected chi connectivity index (χ2v) is 3.94. The highest BCUT2D eigenvalue weighted by atomic mass is 79.9. The van der Waals surface area contributed by atoms with Crippen molar-refractivity contribution >= 4 is 21.9 Å². The summed E-state index contributed by atoms with van der Waals surface area (Å²) in [4.78, 5) is 11.4. The second kappa shape index (κ2) is 3.39. The van der Waals surface area contributed by atoms with Crippen LogP contribution < -0.4 is 0 Å². The van der Waals surface area contributed by atoms with Crippen molar-refractivity contribution in [1.29, 1.82) is 0 Å². The molecule has 0 heterocycles. The Kier molecular flexibility index (Phi) is 2.71. The normalized spacial score (nSPS) is 29.9. The van der Waals surface area contributed by atoms with E-state index in [1.54, 1.807) is 0 Å². The van der Waals surface area contributed by atoms with Crippen molar-refractivity contribution in [2.45, 2.75) is 18.2 Å². The van der Waals surface area contributed by atoms with Crippen molar-refractivity contribution in [3.05, 3.63) is 11.6 Å². The van der Waals surface area contributed by atoms with Crippen molar-refractivity contribution < 1.29 is 9.53 Å². The van der Waals surface area contributed by atoms with Gasteiger partial charge in [-0.2, -0.15) is 0 Å². The van der Waals surface area contributed by atoms with E-state index in [0.29, 0.717) is 10.7 Å². The number of methoxy groups -OCH3 is 1. The highest BCUT2D eigenvalue weighted by Crippen LogP contribution is 2.30. The molecule has 0 bridgehead atoms. The molecule has 0 radical (unpaired) electrons. The molecule has 1 aliphatic rings. The number of esters is 1. The Labute approximate surface area is 74.7 Å². The second-order valence-electron chi connectivity index (χ2n) is 2.76.